The maximum absolute atomic E-state index is 12.3. The van der Waals surface area contributed by atoms with Gasteiger partial charge in [-0.2, -0.15) is 0 Å². The number of fused-ring (bicyclic) bond motifs is 3. The molecule has 0 aromatic rings. The highest BCUT2D eigenvalue weighted by molar-refractivity contribution is 6.02. The summed E-state index contributed by atoms with van der Waals surface area (Å²) in [5.41, 5.74) is 0. The Labute approximate surface area is 96.3 Å². The molecule has 2 unspecified atom stereocenters. The summed E-state index contributed by atoms with van der Waals surface area (Å²) >= 11 is 0. The second kappa shape index (κ2) is 3.75. The van der Waals surface area contributed by atoms with Crippen molar-refractivity contribution in [1.82, 2.24) is 9.80 Å². The van der Waals surface area contributed by atoms with Gasteiger partial charge >= 0.3 is 6.03 Å². The Bertz CT molecular complexity index is 339. The van der Waals surface area contributed by atoms with Crippen LogP contribution in [-0.4, -0.2) is 47.3 Å². The molecule has 3 aliphatic rings. The fourth-order valence-electron chi connectivity index (χ4n) is 3.43. The summed E-state index contributed by atoms with van der Waals surface area (Å²) in [4.78, 5) is 20.8. The molecular formula is C12H19N3O. The van der Waals surface area contributed by atoms with Gasteiger partial charge in [0.2, 0.25) is 0 Å². The number of amidine groups is 1. The van der Waals surface area contributed by atoms with Gasteiger partial charge in [-0.1, -0.05) is 12.8 Å². The number of carbonyl (C=O) groups is 1. The number of amides is 2. The molecule has 1 saturated carbocycles. The minimum Gasteiger partial charge on any atom is -0.321 e. The first-order valence-electron chi connectivity index (χ1n) is 6.45. The SMILES string of the molecule is CCN1C(=O)N2CCN=C2C2CCCCC21. The van der Waals surface area contributed by atoms with Crippen LogP contribution in [-0.2, 0) is 0 Å². The molecule has 0 aromatic carbocycles. The summed E-state index contributed by atoms with van der Waals surface area (Å²) < 4.78 is 0. The van der Waals surface area contributed by atoms with Crippen molar-refractivity contribution in [2.24, 2.45) is 10.9 Å². The Hall–Kier alpha value is -1.06. The zero-order chi connectivity index (χ0) is 11.1. The molecule has 3 rings (SSSR count). The maximum atomic E-state index is 12.3. The molecule has 2 amide bonds. The fourth-order valence-corrected chi connectivity index (χ4v) is 3.43. The standard InChI is InChI=1S/C12H19N3O/c1-2-14-10-6-4-3-5-9(10)11-13-7-8-15(11)12(14)16/h9-10H,2-8H2,1H3. The number of hydrogen-bond acceptors (Lipinski definition) is 2. The van der Waals surface area contributed by atoms with Crippen molar-refractivity contribution in [3.63, 3.8) is 0 Å². The molecule has 16 heavy (non-hydrogen) atoms. The highest BCUT2D eigenvalue weighted by atomic mass is 16.2. The van der Waals surface area contributed by atoms with E-state index >= 15 is 0 Å². The van der Waals surface area contributed by atoms with Gasteiger partial charge in [0.15, 0.2) is 0 Å². The maximum Gasteiger partial charge on any atom is 0.325 e. The second-order valence-electron chi connectivity index (χ2n) is 4.92. The minimum absolute atomic E-state index is 0.196. The van der Waals surface area contributed by atoms with Gasteiger partial charge in [-0.15, -0.1) is 0 Å². The average molecular weight is 221 g/mol. The third kappa shape index (κ3) is 1.28. The zero-order valence-corrected chi connectivity index (χ0v) is 9.85. The largest absolute Gasteiger partial charge is 0.325 e. The molecule has 0 N–H and O–H groups in total. The summed E-state index contributed by atoms with van der Waals surface area (Å²) in [5, 5.41) is 0. The first-order valence-corrected chi connectivity index (χ1v) is 6.45. The fraction of sp³-hybridized carbons (Fsp3) is 0.833. The number of urea groups is 1. The Balaban J connectivity index is 1.95. The third-order valence-electron chi connectivity index (χ3n) is 4.15. The van der Waals surface area contributed by atoms with E-state index in [1.54, 1.807) is 0 Å². The van der Waals surface area contributed by atoms with E-state index in [-0.39, 0.29) is 6.03 Å². The average Bonchev–Trinajstić information content (AvgIpc) is 2.79. The molecule has 88 valence electrons. The van der Waals surface area contributed by atoms with Crippen LogP contribution < -0.4 is 0 Å². The van der Waals surface area contributed by atoms with E-state index in [2.05, 4.69) is 16.8 Å². The van der Waals surface area contributed by atoms with Crippen LogP contribution in [0.5, 0.6) is 0 Å². The Morgan fingerprint density at radius 2 is 2.19 bits per heavy atom. The van der Waals surface area contributed by atoms with E-state index in [9.17, 15) is 4.79 Å². The van der Waals surface area contributed by atoms with E-state index in [0.717, 1.165) is 31.9 Å². The Kier molecular flexibility index (Phi) is 2.37. The molecule has 0 aromatic heterocycles. The van der Waals surface area contributed by atoms with Gasteiger partial charge in [0.25, 0.3) is 0 Å². The number of aliphatic imine (C=N–C) groups is 1. The van der Waals surface area contributed by atoms with Gasteiger partial charge in [-0.3, -0.25) is 9.89 Å². The predicted molar refractivity (Wildman–Crippen MR) is 62.5 cm³/mol. The molecular weight excluding hydrogens is 202 g/mol. The van der Waals surface area contributed by atoms with Crippen LogP contribution in [0.3, 0.4) is 0 Å². The van der Waals surface area contributed by atoms with Gasteiger partial charge < -0.3 is 4.90 Å². The highest BCUT2D eigenvalue weighted by Crippen LogP contribution is 2.35. The van der Waals surface area contributed by atoms with Gasteiger partial charge in [0.05, 0.1) is 6.54 Å². The van der Waals surface area contributed by atoms with Gasteiger partial charge in [-0.25, -0.2) is 4.79 Å². The molecule has 2 atom stereocenters. The molecule has 0 bridgehead atoms. The third-order valence-corrected chi connectivity index (χ3v) is 4.15. The van der Waals surface area contributed by atoms with Crippen LogP contribution in [0, 0.1) is 5.92 Å². The lowest BCUT2D eigenvalue weighted by Crippen LogP contribution is -2.61. The lowest BCUT2D eigenvalue weighted by Gasteiger charge is -2.47. The number of hydrogen-bond donors (Lipinski definition) is 0. The van der Waals surface area contributed by atoms with Crippen LogP contribution in [0.15, 0.2) is 4.99 Å². The number of rotatable bonds is 1. The van der Waals surface area contributed by atoms with Crippen LogP contribution in [0.2, 0.25) is 0 Å². The van der Waals surface area contributed by atoms with Crippen molar-refractivity contribution in [3.8, 4) is 0 Å². The van der Waals surface area contributed by atoms with Gasteiger partial charge in [0, 0.05) is 25.0 Å². The summed E-state index contributed by atoms with van der Waals surface area (Å²) in [5.74, 6) is 1.62. The zero-order valence-electron chi connectivity index (χ0n) is 9.85. The van der Waals surface area contributed by atoms with Crippen molar-refractivity contribution in [1.29, 1.82) is 0 Å². The Morgan fingerprint density at radius 3 is 3.00 bits per heavy atom. The molecule has 2 fully saturated rings. The van der Waals surface area contributed by atoms with Crippen molar-refractivity contribution >= 4 is 11.9 Å². The van der Waals surface area contributed by atoms with Crippen LogP contribution >= 0.6 is 0 Å². The molecule has 0 radical (unpaired) electrons. The van der Waals surface area contributed by atoms with Crippen LogP contribution in [0.1, 0.15) is 32.6 Å². The molecule has 0 spiro atoms. The first-order chi connectivity index (χ1) is 7.83. The van der Waals surface area contributed by atoms with Crippen molar-refractivity contribution in [2.75, 3.05) is 19.6 Å². The molecule has 1 aliphatic carbocycles. The van der Waals surface area contributed by atoms with Crippen molar-refractivity contribution in [3.05, 3.63) is 0 Å². The lowest BCUT2D eigenvalue weighted by atomic mass is 9.81. The predicted octanol–water partition coefficient (Wildman–Crippen LogP) is 1.71. The van der Waals surface area contributed by atoms with Crippen LogP contribution in [0.25, 0.3) is 0 Å². The summed E-state index contributed by atoms with van der Waals surface area (Å²) in [6, 6.07) is 0.626. The monoisotopic (exact) mass is 221 g/mol. The van der Waals surface area contributed by atoms with E-state index in [0.29, 0.717) is 12.0 Å². The molecule has 2 aliphatic heterocycles. The van der Waals surface area contributed by atoms with E-state index in [1.165, 1.54) is 19.3 Å². The lowest BCUT2D eigenvalue weighted by molar-refractivity contribution is 0.107. The first kappa shape index (κ1) is 10.1. The summed E-state index contributed by atoms with van der Waals surface area (Å²) in [6.07, 6.45) is 4.93. The Morgan fingerprint density at radius 1 is 1.38 bits per heavy atom. The smallest absolute Gasteiger partial charge is 0.321 e. The quantitative estimate of drug-likeness (QED) is 0.664. The second-order valence-corrected chi connectivity index (χ2v) is 4.92. The van der Waals surface area contributed by atoms with Crippen LogP contribution in [0.4, 0.5) is 4.79 Å². The number of nitrogens with zero attached hydrogens (tertiary/aromatic N) is 3. The van der Waals surface area contributed by atoms with Gasteiger partial charge in [0.1, 0.15) is 5.84 Å². The summed E-state index contributed by atoms with van der Waals surface area (Å²) in [6.45, 7) is 4.53. The van der Waals surface area contributed by atoms with E-state index in [4.69, 9.17) is 0 Å². The minimum atomic E-state index is 0.196. The normalized spacial score (nSPS) is 33.6. The highest BCUT2D eigenvalue weighted by Gasteiger charge is 2.45. The van der Waals surface area contributed by atoms with Crippen molar-refractivity contribution < 1.29 is 4.79 Å². The van der Waals surface area contributed by atoms with Crippen molar-refractivity contribution in [2.45, 2.75) is 38.6 Å². The molecule has 4 nitrogen and oxygen atoms in total. The van der Waals surface area contributed by atoms with Gasteiger partial charge in [-0.05, 0) is 19.8 Å². The van der Waals surface area contributed by atoms with E-state index < -0.39 is 0 Å². The summed E-state index contributed by atoms with van der Waals surface area (Å²) in [7, 11) is 0. The topological polar surface area (TPSA) is 35.9 Å². The molecule has 4 heteroatoms. The van der Waals surface area contributed by atoms with E-state index in [1.807, 2.05) is 4.90 Å². The molecule has 2 heterocycles. The number of carbonyl (C=O) groups excluding carboxylic acids is 1. The molecule has 1 saturated heterocycles.